The first-order valence-electron chi connectivity index (χ1n) is 8.03. The van der Waals surface area contributed by atoms with Crippen LogP contribution in [-0.4, -0.2) is 49.2 Å². The molecule has 1 atom stereocenters. The van der Waals surface area contributed by atoms with E-state index in [1.165, 1.54) is 25.7 Å². The summed E-state index contributed by atoms with van der Waals surface area (Å²) >= 11 is 0. The molecule has 1 rings (SSSR count). The molecule has 0 amide bonds. The van der Waals surface area contributed by atoms with Crippen molar-refractivity contribution in [3.63, 3.8) is 0 Å². The molecule has 4 nitrogen and oxygen atoms in total. The first-order valence-corrected chi connectivity index (χ1v) is 8.03. The fraction of sp³-hybridized carbons (Fsp3) is 0.938. The average Bonchev–Trinajstić information content (AvgIpc) is 2.91. The molecule has 0 bridgehead atoms. The third-order valence-electron chi connectivity index (χ3n) is 4.24. The van der Waals surface area contributed by atoms with Crippen molar-refractivity contribution in [2.24, 2.45) is 5.92 Å². The predicted molar refractivity (Wildman–Crippen MR) is 82.8 cm³/mol. The highest BCUT2D eigenvalue weighted by molar-refractivity contribution is 5.80. The van der Waals surface area contributed by atoms with Crippen LogP contribution >= 0.6 is 0 Å². The normalized spacial score (nSPS) is 19.6. The van der Waals surface area contributed by atoms with Gasteiger partial charge in [0.05, 0.1) is 6.61 Å². The number of nitrogens with zero attached hydrogens (tertiary/aromatic N) is 1. The second-order valence-corrected chi connectivity index (χ2v) is 6.56. The molecule has 0 spiro atoms. The van der Waals surface area contributed by atoms with E-state index >= 15 is 0 Å². The summed E-state index contributed by atoms with van der Waals surface area (Å²) in [5.74, 6) is 0.466. The van der Waals surface area contributed by atoms with Crippen LogP contribution in [0.1, 0.15) is 53.4 Å². The predicted octanol–water partition coefficient (Wildman–Crippen LogP) is 2.43. The largest absolute Gasteiger partial charge is 0.465 e. The number of likely N-dealkylation sites (N-methyl/N-ethyl adjacent to an activating group) is 1. The minimum Gasteiger partial charge on any atom is -0.465 e. The minimum absolute atomic E-state index is 0.144. The Balaban J connectivity index is 2.76. The van der Waals surface area contributed by atoms with E-state index in [1.54, 1.807) is 0 Å². The van der Waals surface area contributed by atoms with Crippen molar-refractivity contribution in [1.82, 2.24) is 10.2 Å². The van der Waals surface area contributed by atoms with Crippen LogP contribution in [0, 0.1) is 5.92 Å². The SMILES string of the molecule is CCOC(=O)C(C)(CN(CC(C)C)C1CCCC1)NC. The molecule has 1 N–H and O–H groups in total. The van der Waals surface area contributed by atoms with Gasteiger partial charge in [0.2, 0.25) is 0 Å². The van der Waals surface area contributed by atoms with Gasteiger partial charge < -0.3 is 10.1 Å². The van der Waals surface area contributed by atoms with Crippen LogP contribution in [0.25, 0.3) is 0 Å². The van der Waals surface area contributed by atoms with E-state index in [4.69, 9.17) is 4.74 Å². The van der Waals surface area contributed by atoms with Crippen LogP contribution in [0.2, 0.25) is 0 Å². The molecular formula is C16H32N2O2. The first-order chi connectivity index (χ1) is 9.42. The number of ether oxygens (including phenoxy) is 1. The molecule has 1 aliphatic rings. The summed E-state index contributed by atoms with van der Waals surface area (Å²) < 4.78 is 5.24. The van der Waals surface area contributed by atoms with Gasteiger partial charge in [0.1, 0.15) is 5.54 Å². The fourth-order valence-electron chi connectivity index (χ4n) is 3.02. The Bertz CT molecular complexity index is 301. The third kappa shape index (κ3) is 4.74. The molecule has 0 aliphatic heterocycles. The Morgan fingerprint density at radius 2 is 2.00 bits per heavy atom. The van der Waals surface area contributed by atoms with E-state index in [0.717, 1.165) is 13.1 Å². The van der Waals surface area contributed by atoms with Crippen LogP contribution in [-0.2, 0) is 9.53 Å². The van der Waals surface area contributed by atoms with Gasteiger partial charge in [0.25, 0.3) is 0 Å². The monoisotopic (exact) mass is 284 g/mol. The fourth-order valence-corrected chi connectivity index (χ4v) is 3.02. The van der Waals surface area contributed by atoms with Gasteiger partial charge in [0, 0.05) is 19.1 Å². The van der Waals surface area contributed by atoms with Gasteiger partial charge in [-0.1, -0.05) is 26.7 Å². The van der Waals surface area contributed by atoms with E-state index in [2.05, 4.69) is 24.1 Å². The van der Waals surface area contributed by atoms with Gasteiger partial charge in [-0.15, -0.1) is 0 Å². The summed E-state index contributed by atoms with van der Waals surface area (Å²) in [6.45, 7) is 10.5. The number of esters is 1. The molecular weight excluding hydrogens is 252 g/mol. The maximum atomic E-state index is 12.2. The molecule has 0 radical (unpaired) electrons. The van der Waals surface area contributed by atoms with Crippen molar-refractivity contribution in [3.05, 3.63) is 0 Å². The van der Waals surface area contributed by atoms with Crippen molar-refractivity contribution < 1.29 is 9.53 Å². The molecule has 0 saturated heterocycles. The molecule has 0 aromatic carbocycles. The van der Waals surface area contributed by atoms with Gasteiger partial charge >= 0.3 is 5.97 Å². The van der Waals surface area contributed by atoms with E-state index < -0.39 is 5.54 Å². The van der Waals surface area contributed by atoms with Crippen LogP contribution in [0.15, 0.2) is 0 Å². The highest BCUT2D eigenvalue weighted by Crippen LogP contribution is 2.26. The molecule has 1 aliphatic carbocycles. The number of carbonyl (C=O) groups is 1. The highest BCUT2D eigenvalue weighted by Gasteiger charge is 2.37. The summed E-state index contributed by atoms with van der Waals surface area (Å²) in [6.07, 6.45) is 5.15. The number of rotatable bonds is 8. The number of nitrogens with one attached hydrogen (secondary N) is 1. The van der Waals surface area contributed by atoms with Gasteiger partial charge in [-0.3, -0.25) is 9.69 Å². The lowest BCUT2D eigenvalue weighted by Crippen LogP contribution is -2.58. The van der Waals surface area contributed by atoms with Gasteiger partial charge in [-0.05, 0) is 39.7 Å². The number of hydrogen-bond acceptors (Lipinski definition) is 4. The zero-order valence-corrected chi connectivity index (χ0v) is 13.9. The van der Waals surface area contributed by atoms with E-state index in [1.807, 2.05) is 20.9 Å². The van der Waals surface area contributed by atoms with E-state index in [9.17, 15) is 4.79 Å². The molecule has 4 heteroatoms. The lowest BCUT2D eigenvalue weighted by atomic mass is 9.99. The number of carbonyl (C=O) groups excluding carboxylic acids is 1. The molecule has 0 aromatic rings. The zero-order valence-electron chi connectivity index (χ0n) is 13.9. The quantitative estimate of drug-likeness (QED) is 0.695. The minimum atomic E-state index is -0.618. The maximum absolute atomic E-state index is 12.2. The van der Waals surface area contributed by atoms with Crippen molar-refractivity contribution in [1.29, 1.82) is 0 Å². The second-order valence-electron chi connectivity index (χ2n) is 6.56. The topological polar surface area (TPSA) is 41.6 Å². The lowest BCUT2D eigenvalue weighted by Gasteiger charge is -2.37. The van der Waals surface area contributed by atoms with E-state index in [0.29, 0.717) is 18.6 Å². The highest BCUT2D eigenvalue weighted by atomic mass is 16.5. The second kappa shape index (κ2) is 7.99. The van der Waals surface area contributed by atoms with Gasteiger partial charge in [-0.2, -0.15) is 0 Å². The summed E-state index contributed by atoms with van der Waals surface area (Å²) in [4.78, 5) is 14.7. The molecule has 1 unspecified atom stereocenters. The smallest absolute Gasteiger partial charge is 0.327 e. The Hall–Kier alpha value is -0.610. The lowest BCUT2D eigenvalue weighted by molar-refractivity contribution is -0.151. The number of hydrogen-bond donors (Lipinski definition) is 1. The van der Waals surface area contributed by atoms with Crippen molar-refractivity contribution in [2.75, 3.05) is 26.7 Å². The van der Waals surface area contributed by atoms with Gasteiger partial charge in [-0.25, -0.2) is 0 Å². The van der Waals surface area contributed by atoms with Crippen LogP contribution < -0.4 is 5.32 Å². The van der Waals surface area contributed by atoms with Crippen LogP contribution in [0.5, 0.6) is 0 Å². The summed E-state index contributed by atoms with van der Waals surface area (Å²) in [7, 11) is 1.85. The van der Waals surface area contributed by atoms with E-state index in [-0.39, 0.29) is 5.97 Å². The average molecular weight is 284 g/mol. The summed E-state index contributed by atoms with van der Waals surface area (Å²) in [5.41, 5.74) is -0.618. The molecule has 1 saturated carbocycles. The standard InChI is InChI=1S/C16H32N2O2/c1-6-20-15(19)16(4,17-5)12-18(11-13(2)3)14-9-7-8-10-14/h13-14,17H,6-12H2,1-5H3. The third-order valence-corrected chi connectivity index (χ3v) is 4.24. The maximum Gasteiger partial charge on any atom is 0.327 e. The molecule has 118 valence electrons. The Labute approximate surface area is 124 Å². The van der Waals surface area contributed by atoms with Gasteiger partial charge in [0.15, 0.2) is 0 Å². The van der Waals surface area contributed by atoms with Crippen molar-refractivity contribution >= 4 is 5.97 Å². The summed E-state index contributed by atoms with van der Waals surface area (Å²) in [6, 6.07) is 0.625. The Kier molecular flexibility index (Phi) is 6.96. The molecule has 20 heavy (non-hydrogen) atoms. The van der Waals surface area contributed by atoms with Crippen LogP contribution in [0.4, 0.5) is 0 Å². The molecule has 0 heterocycles. The van der Waals surface area contributed by atoms with Crippen molar-refractivity contribution in [3.8, 4) is 0 Å². The molecule has 1 fully saturated rings. The first kappa shape index (κ1) is 17.4. The summed E-state index contributed by atoms with van der Waals surface area (Å²) in [5, 5.41) is 3.17. The zero-order chi connectivity index (χ0) is 15.2. The molecule has 0 aromatic heterocycles. The van der Waals surface area contributed by atoms with Crippen molar-refractivity contribution in [2.45, 2.75) is 65.0 Å². The van der Waals surface area contributed by atoms with Crippen LogP contribution in [0.3, 0.4) is 0 Å². The Morgan fingerprint density at radius 1 is 1.40 bits per heavy atom. The Morgan fingerprint density at radius 3 is 2.45 bits per heavy atom.